The maximum absolute atomic E-state index is 6.09. The topological polar surface area (TPSA) is 54.9 Å². The number of hydrazone groups is 1. The Morgan fingerprint density at radius 3 is 2.58 bits per heavy atom. The van der Waals surface area contributed by atoms with E-state index in [4.69, 9.17) is 44.9 Å². The minimum atomic E-state index is 0.0632. The molecule has 0 bridgehead atoms. The predicted octanol–water partition coefficient (Wildman–Crippen LogP) is 5.11. The predicted molar refractivity (Wildman–Crippen MR) is 112 cm³/mol. The number of ether oxygens (including phenoxy) is 2. The first-order valence-electron chi connectivity index (χ1n) is 7.79. The maximum atomic E-state index is 6.09. The van der Waals surface area contributed by atoms with Gasteiger partial charge in [-0.2, -0.15) is 5.10 Å². The molecule has 138 valence electrons. The third kappa shape index (κ3) is 6.05. The molecule has 26 heavy (non-hydrogen) atoms. The minimum Gasteiger partial charge on any atom is -0.493 e. The van der Waals surface area contributed by atoms with Gasteiger partial charge in [-0.25, -0.2) is 0 Å². The first-order chi connectivity index (χ1) is 12.4. The Morgan fingerprint density at radius 2 is 1.92 bits per heavy atom. The highest BCUT2D eigenvalue weighted by molar-refractivity contribution is 7.80. The summed E-state index contributed by atoms with van der Waals surface area (Å²) in [7, 11) is 1.59. The van der Waals surface area contributed by atoms with E-state index in [1.807, 2.05) is 32.0 Å². The number of benzene rings is 2. The van der Waals surface area contributed by atoms with Crippen molar-refractivity contribution in [2.24, 2.45) is 5.10 Å². The van der Waals surface area contributed by atoms with Gasteiger partial charge in [-0.3, -0.25) is 5.43 Å². The van der Waals surface area contributed by atoms with Crippen LogP contribution >= 0.6 is 35.4 Å². The lowest BCUT2D eigenvalue weighted by molar-refractivity contribution is 0.230. The minimum absolute atomic E-state index is 0.0632. The lowest BCUT2D eigenvalue weighted by Gasteiger charge is -2.13. The molecule has 2 aromatic rings. The fourth-order valence-electron chi connectivity index (χ4n) is 2.02. The van der Waals surface area contributed by atoms with Crippen LogP contribution in [0.3, 0.4) is 0 Å². The number of hydrogen-bond donors (Lipinski definition) is 2. The molecule has 0 radical (unpaired) electrons. The molecule has 8 heteroatoms. The molecule has 5 nitrogen and oxygen atoms in total. The van der Waals surface area contributed by atoms with Crippen molar-refractivity contribution in [1.82, 2.24) is 5.43 Å². The Morgan fingerprint density at radius 1 is 1.15 bits per heavy atom. The van der Waals surface area contributed by atoms with E-state index in [1.54, 1.807) is 31.5 Å². The van der Waals surface area contributed by atoms with Crippen LogP contribution in [0.5, 0.6) is 11.5 Å². The zero-order valence-electron chi connectivity index (χ0n) is 14.5. The first-order valence-corrected chi connectivity index (χ1v) is 8.95. The van der Waals surface area contributed by atoms with Gasteiger partial charge in [0.05, 0.1) is 30.1 Å². The highest BCUT2D eigenvalue weighted by Crippen LogP contribution is 2.28. The Labute approximate surface area is 168 Å². The van der Waals surface area contributed by atoms with Crippen LogP contribution in [0.1, 0.15) is 19.4 Å². The van der Waals surface area contributed by atoms with Crippen LogP contribution in [0.2, 0.25) is 10.0 Å². The molecule has 0 heterocycles. The van der Waals surface area contributed by atoms with Crippen molar-refractivity contribution in [1.29, 1.82) is 0 Å². The summed E-state index contributed by atoms with van der Waals surface area (Å²) >= 11 is 17.1. The van der Waals surface area contributed by atoms with Crippen molar-refractivity contribution in [3.05, 3.63) is 52.0 Å². The molecule has 0 saturated heterocycles. The summed E-state index contributed by atoms with van der Waals surface area (Å²) in [5.74, 6) is 1.32. The summed E-state index contributed by atoms with van der Waals surface area (Å²) in [5.41, 5.74) is 4.20. The lowest BCUT2D eigenvalue weighted by Crippen LogP contribution is -2.24. The second kappa shape index (κ2) is 9.62. The zero-order valence-corrected chi connectivity index (χ0v) is 16.9. The lowest BCUT2D eigenvalue weighted by atomic mass is 10.2. The number of rotatable bonds is 6. The summed E-state index contributed by atoms with van der Waals surface area (Å²) in [4.78, 5) is 0. The van der Waals surface area contributed by atoms with E-state index in [-0.39, 0.29) is 6.10 Å². The van der Waals surface area contributed by atoms with Crippen LogP contribution < -0.4 is 20.2 Å². The van der Waals surface area contributed by atoms with Crippen molar-refractivity contribution < 1.29 is 9.47 Å². The maximum Gasteiger partial charge on any atom is 0.191 e. The van der Waals surface area contributed by atoms with Crippen molar-refractivity contribution in [2.45, 2.75) is 20.0 Å². The van der Waals surface area contributed by atoms with E-state index in [0.717, 1.165) is 5.56 Å². The molecule has 2 aromatic carbocycles. The van der Waals surface area contributed by atoms with Crippen LogP contribution in [-0.2, 0) is 0 Å². The van der Waals surface area contributed by atoms with Gasteiger partial charge in [-0.15, -0.1) is 0 Å². The summed E-state index contributed by atoms with van der Waals surface area (Å²) in [6, 6.07) is 10.6. The van der Waals surface area contributed by atoms with Crippen LogP contribution in [0.4, 0.5) is 5.69 Å². The quantitative estimate of drug-likeness (QED) is 0.392. The second-order valence-corrected chi connectivity index (χ2v) is 6.78. The normalized spacial score (nSPS) is 10.8. The fraction of sp³-hybridized carbons (Fsp3) is 0.222. The molecule has 0 fully saturated rings. The molecule has 0 saturated carbocycles. The molecule has 0 unspecified atom stereocenters. The van der Waals surface area contributed by atoms with E-state index in [9.17, 15) is 0 Å². The van der Waals surface area contributed by atoms with Gasteiger partial charge in [0.1, 0.15) is 0 Å². The van der Waals surface area contributed by atoms with Crippen molar-refractivity contribution in [2.75, 3.05) is 12.4 Å². The molecular formula is C18H19Cl2N3O2S. The average Bonchev–Trinajstić information content (AvgIpc) is 2.58. The molecule has 2 rings (SSSR count). The third-order valence-corrected chi connectivity index (χ3v) is 3.85. The molecule has 0 aromatic heterocycles. The van der Waals surface area contributed by atoms with Crippen molar-refractivity contribution in [3.63, 3.8) is 0 Å². The van der Waals surface area contributed by atoms with Gasteiger partial charge in [0.25, 0.3) is 0 Å². The van der Waals surface area contributed by atoms with Gasteiger partial charge >= 0.3 is 0 Å². The third-order valence-electron chi connectivity index (χ3n) is 3.11. The number of thiocarbonyl (C=S) groups is 1. The van der Waals surface area contributed by atoms with Crippen LogP contribution in [0, 0.1) is 0 Å². The van der Waals surface area contributed by atoms with E-state index < -0.39 is 0 Å². The monoisotopic (exact) mass is 411 g/mol. The summed E-state index contributed by atoms with van der Waals surface area (Å²) in [6.45, 7) is 3.92. The van der Waals surface area contributed by atoms with Crippen LogP contribution in [0.15, 0.2) is 41.5 Å². The van der Waals surface area contributed by atoms with Gasteiger partial charge in [0.2, 0.25) is 0 Å². The summed E-state index contributed by atoms with van der Waals surface area (Å²) < 4.78 is 11.0. The van der Waals surface area contributed by atoms with Gasteiger partial charge in [0.15, 0.2) is 16.6 Å². The van der Waals surface area contributed by atoms with Crippen LogP contribution in [-0.4, -0.2) is 24.5 Å². The van der Waals surface area contributed by atoms with E-state index in [1.165, 1.54) is 0 Å². The van der Waals surface area contributed by atoms with Crippen LogP contribution in [0.25, 0.3) is 0 Å². The summed E-state index contributed by atoms with van der Waals surface area (Å²) in [6.07, 6.45) is 1.69. The second-order valence-electron chi connectivity index (χ2n) is 5.53. The Kier molecular flexibility index (Phi) is 7.50. The molecule has 0 aliphatic heterocycles. The molecule has 0 aliphatic carbocycles. The number of nitrogens with zero attached hydrogens (tertiary/aromatic N) is 1. The Balaban J connectivity index is 1.98. The SMILES string of the molecule is COc1cc(C=NNC(=S)Nc2ccc(Cl)cc2Cl)ccc1OC(C)C. The molecular weight excluding hydrogens is 393 g/mol. The highest BCUT2D eigenvalue weighted by Gasteiger charge is 2.07. The Hall–Kier alpha value is -2.02. The zero-order chi connectivity index (χ0) is 19.1. The number of hydrogen-bond acceptors (Lipinski definition) is 4. The van der Waals surface area contributed by atoms with Gasteiger partial charge < -0.3 is 14.8 Å². The number of halogens is 2. The molecule has 2 N–H and O–H groups in total. The van der Waals surface area contributed by atoms with E-state index in [0.29, 0.717) is 32.3 Å². The number of nitrogens with one attached hydrogen (secondary N) is 2. The standard InChI is InChI=1S/C18H19Cl2N3O2S/c1-11(2)25-16-7-4-12(8-17(16)24-3)10-21-23-18(26)22-15-6-5-13(19)9-14(15)20/h4-11H,1-3H3,(H2,22,23,26). The summed E-state index contributed by atoms with van der Waals surface area (Å²) in [5, 5.41) is 8.38. The fourth-order valence-corrected chi connectivity index (χ4v) is 2.64. The van der Waals surface area contributed by atoms with E-state index >= 15 is 0 Å². The smallest absolute Gasteiger partial charge is 0.191 e. The van der Waals surface area contributed by atoms with Crippen molar-refractivity contribution >= 4 is 52.4 Å². The van der Waals surface area contributed by atoms with Gasteiger partial charge in [0, 0.05) is 5.02 Å². The Bertz CT molecular complexity index is 813. The average molecular weight is 412 g/mol. The number of anilines is 1. The molecule has 0 spiro atoms. The number of methoxy groups -OCH3 is 1. The van der Waals surface area contributed by atoms with Gasteiger partial charge in [-0.05, 0) is 68.0 Å². The van der Waals surface area contributed by atoms with E-state index in [2.05, 4.69) is 15.8 Å². The molecule has 0 atom stereocenters. The largest absolute Gasteiger partial charge is 0.493 e. The van der Waals surface area contributed by atoms with Gasteiger partial charge in [-0.1, -0.05) is 23.2 Å². The highest BCUT2D eigenvalue weighted by atomic mass is 35.5. The molecule has 0 amide bonds. The van der Waals surface area contributed by atoms with Crippen molar-refractivity contribution in [3.8, 4) is 11.5 Å². The first kappa shape index (κ1) is 20.3. The molecule has 0 aliphatic rings.